The Morgan fingerprint density at radius 2 is 2.10 bits per heavy atom. The van der Waals surface area contributed by atoms with E-state index < -0.39 is 0 Å². The van der Waals surface area contributed by atoms with Crippen LogP contribution in [0.2, 0.25) is 0 Å². The van der Waals surface area contributed by atoms with Crippen molar-refractivity contribution in [3.05, 3.63) is 17.5 Å². The SMILES string of the molecule is CCC(C)n1ncc(C(=O)NC2CCN(CC)CC2)c1C. The molecule has 2 rings (SSSR count). The third-order valence-electron chi connectivity index (χ3n) is 4.67. The van der Waals surface area contributed by atoms with Crippen LogP contribution in [0.25, 0.3) is 0 Å². The van der Waals surface area contributed by atoms with Crippen LogP contribution in [-0.2, 0) is 0 Å². The number of amides is 1. The summed E-state index contributed by atoms with van der Waals surface area (Å²) in [6.07, 6.45) is 4.80. The fraction of sp³-hybridized carbons (Fsp3) is 0.750. The standard InChI is InChI=1S/C16H28N4O/c1-5-12(3)20-13(4)15(11-17-20)16(21)18-14-7-9-19(6-2)10-8-14/h11-12,14H,5-10H2,1-4H3,(H,18,21). The van der Waals surface area contributed by atoms with Gasteiger partial charge in [-0.1, -0.05) is 13.8 Å². The van der Waals surface area contributed by atoms with Crippen LogP contribution in [0, 0.1) is 6.92 Å². The number of carbonyl (C=O) groups is 1. The molecule has 1 amide bonds. The lowest BCUT2D eigenvalue weighted by molar-refractivity contribution is 0.0912. The fourth-order valence-electron chi connectivity index (χ4n) is 2.92. The number of rotatable bonds is 5. The highest BCUT2D eigenvalue weighted by atomic mass is 16.1. The van der Waals surface area contributed by atoms with E-state index in [1.54, 1.807) is 6.20 Å². The maximum absolute atomic E-state index is 12.4. The van der Waals surface area contributed by atoms with Crippen LogP contribution >= 0.6 is 0 Å². The summed E-state index contributed by atoms with van der Waals surface area (Å²) < 4.78 is 1.95. The lowest BCUT2D eigenvalue weighted by atomic mass is 10.0. The number of piperidine rings is 1. The van der Waals surface area contributed by atoms with Crippen LogP contribution in [0.4, 0.5) is 0 Å². The molecule has 118 valence electrons. The Labute approximate surface area is 127 Å². The molecule has 1 fully saturated rings. The van der Waals surface area contributed by atoms with Crippen LogP contribution in [0.1, 0.15) is 62.1 Å². The van der Waals surface area contributed by atoms with Crippen LogP contribution in [0.5, 0.6) is 0 Å². The van der Waals surface area contributed by atoms with Gasteiger partial charge in [0.2, 0.25) is 0 Å². The Morgan fingerprint density at radius 1 is 1.43 bits per heavy atom. The molecule has 1 atom stereocenters. The van der Waals surface area contributed by atoms with Crippen molar-refractivity contribution in [2.45, 2.75) is 59.0 Å². The molecule has 1 N–H and O–H groups in total. The van der Waals surface area contributed by atoms with Crippen LogP contribution in [0.15, 0.2) is 6.20 Å². The Hall–Kier alpha value is -1.36. The normalized spacial score (nSPS) is 18.7. The van der Waals surface area contributed by atoms with Crippen molar-refractivity contribution in [2.75, 3.05) is 19.6 Å². The number of aromatic nitrogens is 2. The van der Waals surface area contributed by atoms with Gasteiger partial charge >= 0.3 is 0 Å². The summed E-state index contributed by atoms with van der Waals surface area (Å²) in [6, 6.07) is 0.631. The Morgan fingerprint density at radius 3 is 2.67 bits per heavy atom. The lowest BCUT2D eigenvalue weighted by Crippen LogP contribution is -2.44. The molecular formula is C16H28N4O. The topological polar surface area (TPSA) is 50.2 Å². The first kappa shape index (κ1) is 16.0. The summed E-state index contributed by atoms with van der Waals surface area (Å²) in [6.45, 7) is 11.7. The molecule has 0 radical (unpaired) electrons. The van der Waals surface area contributed by atoms with Gasteiger partial charge in [0.1, 0.15) is 0 Å². The third-order valence-corrected chi connectivity index (χ3v) is 4.67. The second-order valence-electron chi connectivity index (χ2n) is 6.03. The number of likely N-dealkylation sites (tertiary alicyclic amines) is 1. The molecular weight excluding hydrogens is 264 g/mol. The van der Waals surface area contributed by atoms with Gasteiger partial charge in [0, 0.05) is 30.9 Å². The van der Waals surface area contributed by atoms with E-state index in [0.29, 0.717) is 17.6 Å². The van der Waals surface area contributed by atoms with Crippen LogP contribution in [-0.4, -0.2) is 46.3 Å². The fourth-order valence-corrected chi connectivity index (χ4v) is 2.92. The van der Waals surface area contributed by atoms with E-state index in [1.165, 1.54) is 0 Å². The monoisotopic (exact) mass is 292 g/mol. The third kappa shape index (κ3) is 3.64. The molecule has 5 nitrogen and oxygen atoms in total. The molecule has 0 bridgehead atoms. The zero-order valence-electron chi connectivity index (χ0n) is 13.7. The smallest absolute Gasteiger partial charge is 0.254 e. The molecule has 5 heteroatoms. The first-order chi connectivity index (χ1) is 10.1. The summed E-state index contributed by atoms with van der Waals surface area (Å²) in [5.41, 5.74) is 1.68. The Kier molecular flexibility index (Phi) is 5.39. The van der Waals surface area contributed by atoms with Gasteiger partial charge in [-0.25, -0.2) is 0 Å². The Balaban J connectivity index is 1.96. The van der Waals surface area contributed by atoms with Gasteiger partial charge in [-0.2, -0.15) is 5.10 Å². The van der Waals surface area contributed by atoms with E-state index in [0.717, 1.165) is 44.6 Å². The van der Waals surface area contributed by atoms with Crippen LogP contribution < -0.4 is 5.32 Å². The maximum Gasteiger partial charge on any atom is 0.254 e. The van der Waals surface area contributed by atoms with Crippen molar-refractivity contribution in [1.29, 1.82) is 0 Å². The van der Waals surface area contributed by atoms with E-state index in [2.05, 4.69) is 36.1 Å². The lowest BCUT2D eigenvalue weighted by Gasteiger charge is -2.31. The number of hydrogen-bond donors (Lipinski definition) is 1. The van der Waals surface area contributed by atoms with E-state index in [-0.39, 0.29) is 5.91 Å². The van der Waals surface area contributed by atoms with Crippen molar-refractivity contribution in [3.8, 4) is 0 Å². The molecule has 21 heavy (non-hydrogen) atoms. The van der Waals surface area contributed by atoms with Crippen molar-refractivity contribution < 1.29 is 4.79 Å². The number of nitrogens with one attached hydrogen (secondary N) is 1. The summed E-state index contributed by atoms with van der Waals surface area (Å²) in [4.78, 5) is 14.9. The molecule has 1 aromatic heterocycles. The van der Waals surface area contributed by atoms with Gasteiger partial charge in [-0.15, -0.1) is 0 Å². The summed E-state index contributed by atoms with van der Waals surface area (Å²) >= 11 is 0. The highest BCUT2D eigenvalue weighted by Gasteiger charge is 2.22. The van der Waals surface area contributed by atoms with E-state index >= 15 is 0 Å². The van der Waals surface area contributed by atoms with Crippen molar-refractivity contribution in [3.63, 3.8) is 0 Å². The number of carbonyl (C=O) groups excluding carboxylic acids is 1. The highest BCUT2D eigenvalue weighted by molar-refractivity contribution is 5.95. The van der Waals surface area contributed by atoms with Gasteiger partial charge in [-0.3, -0.25) is 9.48 Å². The maximum atomic E-state index is 12.4. The average Bonchev–Trinajstić information content (AvgIpc) is 2.89. The predicted octanol–water partition coefficient (Wildman–Crippen LogP) is 2.38. The number of nitrogens with zero attached hydrogens (tertiary/aromatic N) is 3. The van der Waals surface area contributed by atoms with Crippen LogP contribution in [0.3, 0.4) is 0 Å². The largest absolute Gasteiger partial charge is 0.349 e. The van der Waals surface area contributed by atoms with Gasteiger partial charge in [-0.05, 0) is 39.7 Å². The van der Waals surface area contributed by atoms with Crippen molar-refractivity contribution >= 4 is 5.91 Å². The molecule has 0 aromatic carbocycles. The van der Waals surface area contributed by atoms with Crippen molar-refractivity contribution in [1.82, 2.24) is 20.0 Å². The average molecular weight is 292 g/mol. The van der Waals surface area contributed by atoms with Gasteiger partial charge < -0.3 is 10.2 Å². The second-order valence-corrected chi connectivity index (χ2v) is 6.03. The van der Waals surface area contributed by atoms with Gasteiger partial charge in [0.05, 0.1) is 11.8 Å². The van der Waals surface area contributed by atoms with Gasteiger partial charge in [0.15, 0.2) is 0 Å². The van der Waals surface area contributed by atoms with E-state index in [4.69, 9.17) is 0 Å². The van der Waals surface area contributed by atoms with E-state index in [9.17, 15) is 4.79 Å². The minimum Gasteiger partial charge on any atom is -0.349 e. The minimum absolute atomic E-state index is 0.0250. The summed E-state index contributed by atoms with van der Waals surface area (Å²) in [5, 5.41) is 7.55. The highest BCUT2D eigenvalue weighted by Crippen LogP contribution is 2.17. The van der Waals surface area contributed by atoms with Crippen molar-refractivity contribution in [2.24, 2.45) is 0 Å². The second kappa shape index (κ2) is 7.07. The zero-order valence-corrected chi connectivity index (χ0v) is 13.7. The predicted molar refractivity (Wildman–Crippen MR) is 84.6 cm³/mol. The summed E-state index contributed by atoms with van der Waals surface area (Å²) in [5.74, 6) is 0.0250. The van der Waals surface area contributed by atoms with Gasteiger partial charge in [0.25, 0.3) is 5.91 Å². The number of hydrogen-bond acceptors (Lipinski definition) is 3. The molecule has 1 aliphatic heterocycles. The molecule has 1 unspecified atom stereocenters. The molecule has 0 saturated carbocycles. The molecule has 1 aliphatic rings. The molecule has 1 saturated heterocycles. The molecule has 1 aromatic rings. The summed E-state index contributed by atoms with van der Waals surface area (Å²) in [7, 11) is 0. The quantitative estimate of drug-likeness (QED) is 0.906. The molecule has 2 heterocycles. The molecule has 0 spiro atoms. The Bertz CT molecular complexity index is 475. The molecule has 0 aliphatic carbocycles. The van der Waals surface area contributed by atoms with E-state index in [1.807, 2.05) is 11.6 Å². The first-order valence-corrected chi connectivity index (χ1v) is 8.14. The zero-order chi connectivity index (χ0) is 15.4. The first-order valence-electron chi connectivity index (χ1n) is 8.14. The minimum atomic E-state index is 0.0250.